The van der Waals surface area contributed by atoms with Crippen LogP contribution in [0.2, 0.25) is 0 Å². The van der Waals surface area contributed by atoms with Crippen molar-refractivity contribution >= 4 is 17.2 Å². The molecule has 0 spiro atoms. The van der Waals surface area contributed by atoms with Gasteiger partial charge in [0, 0.05) is 29.5 Å². The van der Waals surface area contributed by atoms with Crippen LogP contribution in [-0.2, 0) is 0 Å². The molecule has 0 radical (unpaired) electrons. The molecule has 2 aromatic rings. The quantitative estimate of drug-likeness (QED) is 0.838. The standard InChI is InChI=1S/C10H6N4OS/c11-3-6-4-13-5-7(9(12)15)8(6)10-14-1-2-16-10/h1-2,4-5H,(H2,12,15). The predicted molar refractivity (Wildman–Crippen MR) is 58.6 cm³/mol. The van der Waals surface area contributed by atoms with Gasteiger partial charge in [0.2, 0.25) is 0 Å². The number of thiazole rings is 1. The Morgan fingerprint density at radius 2 is 2.31 bits per heavy atom. The van der Waals surface area contributed by atoms with E-state index in [1.165, 1.54) is 23.7 Å². The fourth-order valence-corrected chi connectivity index (χ4v) is 2.02. The van der Waals surface area contributed by atoms with Crippen molar-refractivity contribution in [3.05, 3.63) is 35.1 Å². The topological polar surface area (TPSA) is 92.7 Å². The van der Waals surface area contributed by atoms with Crippen molar-refractivity contribution in [1.29, 1.82) is 5.26 Å². The molecule has 0 saturated heterocycles. The minimum atomic E-state index is -0.616. The summed E-state index contributed by atoms with van der Waals surface area (Å²) in [5.74, 6) is -0.616. The zero-order valence-corrected chi connectivity index (χ0v) is 8.86. The van der Waals surface area contributed by atoms with Crippen LogP contribution in [-0.4, -0.2) is 15.9 Å². The van der Waals surface area contributed by atoms with Crippen LogP contribution in [0.4, 0.5) is 0 Å². The van der Waals surface area contributed by atoms with Gasteiger partial charge in [0.15, 0.2) is 0 Å². The minimum Gasteiger partial charge on any atom is -0.366 e. The van der Waals surface area contributed by atoms with Crippen LogP contribution in [0.25, 0.3) is 10.6 Å². The first-order valence-corrected chi connectivity index (χ1v) is 5.19. The van der Waals surface area contributed by atoms with E-state index in [9.17, 15) is 4.79 Å². The molecule has 0 saturated carbocycles. The van der Waals surface area contributed by atoms with Crippen LogP contribution in [0.15, 0.2) is 24.0 Å². The predicted octanol–water partition coefficient (Wildman–Crippen LogP) is 1.18. The number of nitrogens with two attached hydrogens (primary N) is 1. The summed E-state index contributed by atoms with van der Waals surface area (Å²) in [4.78, 5) is 19.1. The Bertz CT molecular complexity index is 571. The van der Waals surface area contributed by atoms with Crippen LogP contribution < -0.4 is 5.73 Å². The van der Waals surface area contributed by atoms with Gasteiger partial charge >= 0.3 is 0 Å². The highest BCUT2D eigenvalue weighted by molar-refractivity contribution is 7.13. The summed E-state index contributed by atoms with van der Waals surface area (Å²) in [7, 11) is 0. The number of amides is 1. The molecule has 0 atom stereocenters. The number of hydrogen-bond acceptors (Lipinski definition) is 5. The van der Waals surface area contributed by atoms with E-state index >= 15 is 0 Å². The van der Waals surface area contributed by atoms with Gasteiger partial charge in [-0.05, 0) is 0 Å². The van der Waals surface area contributed by atoms with Gasteiger partial charge in [-0.3, -0.25) is 9.78 Å². The maximum absolute atomic E-state index is 11.2. The van der Waals surface area contributed by atoms with Gasteiger partial charge in [-0.1, -0.05) is 0 Å². The molecule has 78 valence electrons. The summed E-state index contributed by atoms with van der Waals surface area (Å²) in [5, 5.41) is 11.3. The molecular weight excluding hydrogens is 224 g/mol. The lowest BCUT2D eigenvalue weighted by Gasteiger charge is -2.04. The third kappa shape index (κ3) is 1.64. The molecule has 0 aliphatic carbocycles. The number of aromatic nitrogens is 2. The van der Waals surface area contributed by atoms with Gasteiger partial charge in [0.25, 0.3) is 5.91 Å². The number of carbonyl (C=O) groups excluding carboxylic acids is 1. The lowest BCUT2D eigenvalue weighted by molar-refractivity contribution is 0.100. The maximum Gasteiger partial charge on any atom is 0.251 e. The second kappa shape index (κ2) is 4.08. The monoisotopic (exact) mass is 230 g/mol. The highest BCUT2D eigenvalue weighted by Crippen LogP contribution is 2.28. The molecule has 0 unspecified atom stereocenters. The summed E-state index contributed by atoms with van der Waals surface area (Å²) in [5.41, 5.74) is 6.21. The van der Waals surface area contributed by atoms with Crippen LogP contribution in [0, 0.1) is 11.3 Å². The summed E-state index contributed by atoms with van der Waals surface area (Å²) in [6.45, 7) is 0. The third-order valence-corrected chi connectivity index (χ3v) is 2.77. The number of pyridine rings is 1. The molecule has 2 heterocycles. The fraction of sp³-hybridized carbons (Fsp3) is 0. The van der Waals surface area contributed by atoms with Gasteiger partial charge in [0.05, 0.1) is 11.1 Å². The average molecular weight is 230 g/mol. The van der Waals surface area contributed by atoms with E-state index in [0.29, 0.717) is 16.1 Å². The van der Waals surface area contributed by atoms with Crippen molar-refractivity contribution < 1.29 is 4.79 Å². The van der Waals surface area contributed by atoms with Crippen molar-refractivity contribution in [2.24, 2.45) is 5.73 Å². The summed E-state index contributed by atoms with van der Waals surface area (Å²) >= 11 is 1.34. The third-order valence-electron chi connectivity index (χ3n) is 1.98. The molecule has 6 heteroatoms. The first-order valence-electron chi connectivity index (χ1n) is 4.32. The molecule has 2 aromatic heterocycles. The summed E-state index contributed by atoms with van der Waals surface area (Å²) < 4.78 is 0. The van der Waals surface area contributed by atoms with Crippen molar-refractivity contribution in [2.75, 3.05) is 0 Å². The maximum atomic E-state index is 11.2. The Hall–Kier alpha value is -2.26. The zero-order chi connectivity index (χ0) is 11.5. The highest BCUT2D eigenvalue weighted by Gasteiger charge is 2.16. The molecule has 1 amide bonds. The molecule has 2 rings (SSSR count). The lowest BCUT2D eigenvalue weighted by Crippen LogP contribution is -2.13. The smallest absolute Gasteiger partial charge is 0.251 e. The summed E-state index contributed by atoms with van der Waals surface area (Å²) in [6.07, 6.45) is 4.34. The first-order chi connectivity index (χ1) is 7.74. The fourth-order valence-electron chi connectivity index (χ4n) is 1.31. The van der Waals surface area contributed by atoms with E-state index in [2.05, 4.69) is 9.97 Å². The Labute approximate surface area is 95.2 Å². The van der Waals surface area contributed by atoms with Crippen molar-refractivity contribution in [3.63, 3.8) is 0 Å². The Balaban J connectivity index is 2.75. The molecule has 0 aliphatic rings. The lowest BCUT2D eigenvalue weighted by atomic mass is 10.1. The Kier molecular flexibility index (Phi) is 2.62. The van der Waals surface area contributed by atoms with Gasteiger partial charge in [0.1, 0.15) is 11.1 Å². The van der Waals surface area contributed by atoms with Crippen molar-refractivity contribution in [1.82, 2.24) is 9.97 Å². The van der Waals surface area contributed by atoms with E-state index in [1.54, 1.807) is 11.6 Å². The molecule has 0 bridgehead atoms. The van der Waals surface area contributed by atoms with E-state index in [0.717, 1.165) is 0 Å². The van der Waals surface area contributed by atoms with E-state index < -0.39 is 5.91 Å². The summed E-state index contributed by atoms with van der Waals surface area (Å²) in [6, 6.07) is 1.98. The molecule has 0 aromatic carbocycles. The van der Waals surface area contributed by atoms with Crippen molar-refractivity contribution in [3.8, 4) is 16.6 Å². The second-order valence-corrected chi connectivity index (χ2v) is 3.82. The molecule has 0 fully saturated rings. The van der Waals surface area contributed by atoms with Crippen LogP contribution >= 0.6 is 11.3 Å². The van der Waals surface area contributed by atoms with Crippen LogP contribution in [0.5, 0.6) is 0 Å². The van der Waals surface area contributed by atoms with E-state index in [4.69, 9.17) is 11.0 Å². The van der Waals surface area contributed by atoms with Gasteiger partial charge in [-0.15, -0.1) is 11.3 Å². The molecule has 5 nitrogen and oxygen atoms in total. The Morgan fingerprint density at radius 3 is 2.88 bits per heavy atom. The molecule has 2 N–H and O–H groups in total. The van der Waals surface area contributed by atoms with E-state index in [1.807, 2.05) is 6.07 Å². The Morgan fingerprint density at radius 1 is 1.50 bits per heavy atom. The number of rotatable bonds is 2. The largest absolute Gasteiger partial charge is 0.366 e. The highest BCUT2D eigenvalue weighted by atomic mass is 32.1. The molecule has 16 heavy (non-hydrogen) atoms. The van der Waals surface area contributed by atoms with Gasteiger partial charge in [-0.2, -0.15) is 5.26 Å². The normalized spacial score (nSPS) is 9.69. The van der Waals surface area contributed by atoms with Crippen molar-refractivity contribution in [2.45, 2.75) is 0 Å². The first kappa shape index (κ1) is 10.3. The SMILES string of the molecule is N#Cc1cncc(C(N)=O)c1-c1nccs1. The van der Waals surface area contributed by atoms with Crippen LogP contribution in [0.1, 0.15) is 15.9 Å². The number of primary amides is 1. The molecule has 0 aliphatic heterocycles. The zero-order valence-electron chi connectivity index (χ0n) is 8.04. The number of hydrogen-bond donors (Lipinski definition) is 1. The number of nitriles is 1. The van der Waals surface area contributed by atoms with Crippen LogP contribution in [0.3, 0.4) is 0 Å². The number of carbonyl (C=O) groups is 1. The minimum absolute atomic E-state index is 0.217. The second-order valence-electron chi connectivity index (χ2n) is 2.92. The average Bonchev–Trinajstić information content (AvgIpc) is 2.81. The van der Waals surface area contributed by atoms with Gasteiger partial charge in [-0.25, -0.2) is 4.98 Å². The number of nitrogens with zero attached hydrogens (tertiary/aromatic N) is 3. The molecular formula is C10H6N4OS. The van der Waals surface area contributed by atoms with E-state index in [-0.39, 0.29) is 5.56 Å². The van der Waals surface area contributed by atoms with Gasteiger partial charge < -0.3 is 5.73 Å².